The summed E-state index contributed by atoms with van der Waals surface area (Å²) in [5.74, 6) is -0.0429. The Hall–Kier alpha value is -3.62. The van der Waals surface area contributed by atoms with E-state index in [1.807, 2.05) is 17.0 Å². The van der Waals surface area contributed by atoms with Gasteiger partial charge in [-0.25, -0.2) is 4.39 Å². The number of esters is 1. The van der Waals surface area contributed by atoms with Crippen molar-refractivity contribution in [1.82, 2.24) is 4.90 Å². The highest BCUT2D eigenvalue weighted by molar-refractivity contribution is 5.94. The van der Waals surface area contributed by atoms with Gasteiger partial charge in [0.15, 0.2) is 23.9 Å². The molecule has 0 bridgehead atoms. The number of piperazine rings is 1. The number of hydrogen-bond acceptors (Lipinski definition) is 7. The maximum Gasteiger partial charge on any atom is 0.306 e. The van der Waals surface area contributed by atoms with Crippen molar-refractivity contribution in [1.29, 1.82) is 0 Å². The zero-order valence-corrected chi connectivity index (χ0v) is 18.3. The van der Waals surface area contributed by atoms with Gasteiger partial charge in [-0.15, -0.1) is 0 Å². The summed E-state index contributed by atoms with van der Waals surface area (Å²) in [6, 6.07) is 9.92. The van der Waals surface area contributed by atoms with Crippen LogP contribution in [0.2, 0.25) is 0 Å². The Balaban J connectivity index is 1.20. The van der Waals surface area contributed by atoms with E-state index in [4.69, 9.17) is 14.2 Å². The lowest BCUT2D eigenvalue weighted by Crippen LogP contribution is -2.50. The van der Waals surface area contributed by atoms with Crippen molar-refractivity contribution in [3.63, 3.8) is 0 Å². The van der Waals surface area contributed by atoms with Crippen LogP contribution in [0.5, 0.6) is 11.5 Å². The fourth-order valence-electron chi connectivity index (χ4n) is 3.83. The second kappa shape index (κ2) is 9.89. The van der Waals surface area contributed by atoms with Crippen LogP contribution in [0.3, 0.4) is 0 Å². The summed E-state index contributed by atoms with van der Waals surface area (Å²) in [7, 11) is 0. The molecule has 0 N–H and O–H groups in total. The number of anilines is 1. The van der Waals surface area contributed by atoms with E-state index in [0.29, 0.717) is 55.3 Å². The van der Waals surface area contributed by atoms with Gasteiger partial charge in [-0.2, -0.15) is 0 Å². The van der Waals surface area contributed by atoms with Crippen LogP contribution in [-0.2, 0) is 20.7 Å². The summed E-state index contributed by atoms with van der Waals surface area (Å²) in [5.41, 5.74) is 1.65. The van der Waals surface area contributed by atoms with Crippen LogP contribution in [-0.4, -0.2) is 62.1 Å². The minimum absolute atomic E-state index is 0.149. The molecule has 174 valence electrons. The first-order valence-electron chi connectivity index (χ1n) is 10.8. The van der Waals surface area contributed by atoms with E-state index in [-0.39, 0.29) is 31.5 Å². The molecule has 0 spiro atoms. The number of aryl methyl sites for hydroxylation is 1. The molecule has 1 saturated heterocycles. The summed E-state index contributed by atoms with van der Waals surface area (Å²) in [5, 5.41) is 0. The summed E-state index contributed by atoms with van der Waals surface area (Å²) < 4.78 is 30.1. The molecular weight excluding hydrogens is 431 g/mol. The molecule has 0 atom stereocenters. The highest BCUT2D eigenvalue weighted by atomic mass is 19.1. The normalized spacial score (nSPS) is 14.8. The third-order valence-corrected chi connectivity index (χ3v) is 5.74. The zero-order chi connectivity index (χ0) is 23.4. The van der Waals surface area contributed by atoms with Crippen molar-refractivity contribution in [3.8, 4) is 11.5 Å². The van der Waals surface area contributed by atoms with E-state index in [1.165, 1.54) is 13.0 Å². The van der Waals surface area contributed by atoms with Gasteiger partial charge < -0.3 is 24.0 Å². The van der Waals surface area contributed by atoms with Crippen molar-refractivity contribution in [3.05, 3.63) is 53.3 Å². The summed E-state index contributed by atoms with van der Waals surface area (Å²) in [6.07, 6.45) is 0.618. The zero-order valence-electron chi connectivity index (χ0n) is 18.3. The first-order chi connectivity index (χ1) is 15.9. The SMILES string of the molecule is CC(=O)c1ccc(N2CCN(C(=O)COC(=O)CCc3ccc4c(c3)OCO4)CC2)c(F)c1. The van der Waals surface area contributed by atoms with E-state index < -0.39 is 11.8 Å². The molecule has 33 heavy (non-hydrogen) atoms. The predicted octanol–water partition coefficient (Wildman–Crippen LogP) is 2.58. The topological polar surface area (TPSA) is 85.4 Å². The number of hydrogen-bond donors (Lipinski definition) is 0. The molecule has 4 rings (SSSR count). The quantitative estimate of drug-likeness (QED) is 0.468. The van der Waals surface area contributed by atoms with Crippen LogP contribution in [0.4, 0.5) is 10.1 Å². The number of rotatable bonds is 7. The standard InChI is InChI=1S/C24H25FN2O6/c1-16(28)18-4-5-20(19(25)13-18)26-8-10-27(11-9-26)23(29)14-31-24(30)7-3-17-2-6-21-22(12-17)33-15-32-21/h2,4-6,12-13H,3,7-11,14-15H2,1H3. The van der Waals surface area contributed by atoms with Crippen LogP contribution >= 0.6 is 0 Å². The number of carbonyl (C=O) groups is 3. The number of ether oxygens (including phenoxy) is 3. The lowest BCUT2D eigenvalue weighted by atomic mass is 10.1. The number of amides is 1. The number of nitrogens with zero attached hydrogens (tertiary/aromatic N) is 2. The first kappa shape index (κ1) is 22.6. The van der Waals surface area contributed by atoms with Crippen LogP contribution in [0.25, 0.3) is 0 Å². The summed E-state index contributed by atoms with van der Waals surface area (Å²) >= 11 is 0. The maximum atomic E-state index is 14.4. The number of carbonyl (C=O) groups excluding carboxylic acids is 3. The van der Waals surface area contributed by atoms with Crippen LogP contribution in [0, 0.1) is 5.82 Å². The molecule has 2 aromatic rings. The number of benzene rings is 2. The number of fused-ring (bicyclic) bond motifs is 1. The smallest absolute Gasteiger partial charge is 0.306 e. The van der Waals surface area contributed by atoms with Gasteiger partial charge in [0.25, 0.3) is 5.91 Å². The molecule has 0 aliphatic carbocycles. The largest absolute Gasteiger partial charge is 0.456 e. The minimum atomic E-state index is -0.459. The fourth-order valence-corrected chi connectivity index (χ4v) is 3.83. The van der Waals surface area contributed by atoms with Gasteiger partial charge in [0.2, 0.25) is 6.79 Å². The molecule has 0 saturated carbocycles. The second-order valence-electron chi connectivity index (χ2n) is 7.94. The van der Waals surface area contributed by atoms with Crippen molar-refractivity contribution in [2.45, 2.75) is 19.8 Å². The maximum absolute atomic E-state index is 14.4. The second-order valence-corrected chi connectivity index (χ2v) is 7.94. The average Bonchev–Trinajstić information content (AvgIpc) is 3.29. The predicted molar refractivity (Wildman–Crippen MR) is 117 cm³/mol. The third-order valence-electron chi connectivity index (χ3n) is 5.74. The molecule has 0 aromatic heterocycles. The van der Waals surface area contributed by atoms with E-state index in [1.54, 1.807) is 23.1 Å². The van der Waals surface area contributed by atoms with Crippen molar-refractivity contribution >= 4 is 23.3 Å². The molecule has 2 aromatic carbocycles. The highest BCUT2D eigenvalue weighted by Crippen LogP contribution is 2.32. The van der Waals surface area contributed by atoms with Gasteiger partial charge in [-0.05, 0) is 49.2 Å². The molecule has 9 heteroatoms. The summed E-state index contributed by atoms with van der Waals surface area (Å²) in [6.45, 7) is 2.94. The van der Waals surface area contributed by atoms with Gasteiger partial charge in [0, 0.05) is 38.2 Å². The Kier molecular flexibility index (Phi) is 6.76. The Labute approximate surface area is 190 Å². The number of ketones is 1. The molecule has 8 nitrogen and oxygen atoms in total. The van der Waals surface area contributed by atoms with Gasteiger partial charge in [0.1, 0.15) is 5.82 Å². The molecule has 2 heterocycles. The van der Waals surface area contributed by atoms with Gasteiger partial charge >= 0.3 is 5.97 Å². The average molecular weight is 456 g/mol. The van der Waals surface area contributed by atoms with E-state index >= 15 is 0 Å². The van der Waals surface area contributed by atoms with Crippen molar-refractivity contribution in [2.24, 2.45) is 0 Å². The number of halogens is 1. The van der Waals surface area contributed by atoms with E-state index in [2.05, 4.69) is 0 Å². The molecule has 2 aliphatic heterocycles. The molecule has 0 unspecified atom stereocenters. The van der Waals surface area contributed by atoms with Crippen LogP contribution < -0.4 is 14.4 Å². The van der Waals surface area contributed by atoms with E-state index in [0.717, 1.165) is 5.56 Å². The third kappa shape index (κ3) is 5.42. The highest BCUT2D eigenvalue weighted by Gasteiger charge is 2.24. The monoisotopic (exact) mass is 456 g/mol. The lowest BCUT2D eigenvalue weighted by Gasteiger charge is -2.36. The van der Waals surface area contributed by atoms with Crippen molar-refractivity contribution in [2.75, 3.05) is 44.5 Å². The van der Waals surface area contributed by atoms with Crippen molar-refractivity contribution < 1.29 is 33.0 Å². The fraction of sp³-hybridized carbons (Fsp3) is 0.375. The number of Topliss-reactive ketones (excluding diaryl/α,β-unsaturated/α-hetero) is 1. The van der Waals surface area contributed by atoms with Crippen LogP contribution in [0.15, 0.2) is 36.4 Å². The van der Waals surface area contributed by atoms with Gasteiger partial charge in [0.05, 0.1) is 5.69 Å². The Morgan fingerprint density at radius 3 is 2.48 bits per heavy atom. The lowest BCUT2D eigenvalue weighted by molar-refractivity contribution is -0.152. The molecule has 1 amide bonds. The molecule has 0 radical (unpaired) electrons. The van der Waals surface area contributed by atoms with E-state index in [9.17, 15) is 18.8 Å². The minimum Gasteiger partial charge on any atom is -0.456 e. The van der Waals surface area contributed by atoms with Gasteiger partial charge in [-0.3, -0.25) is 14.4 Å². The molecule has 2 aliphatic rings. The molecule has 1 fully saturated rings. The Bertz CT molecular complexity index is 1060. The molecular formula is C24H25FN2O6. The van der Waals surface area contributed by atoms with Crippen LogP contribution in [0.1, 0.15) is 29.3 Å². The van der Waals surface area contributed by atoms with Gasteiger partial charge in [-0.1, -0.05) is 6.07 Å². The Morgan fingerprint density at radius 1 is 1.00 bits per heavy atom. The first-order valence-corrected chi connectivity index (χ1v) is 10.8. The summed E-state index contributed by atoms with van der Waals surface area (Å²) in [4.78, 5) is 39.3. The Morgan fingerprint density at radius 2 is 1.76 bits per heavy atom.